The highest BCUT2D eigenvalue weighted by Gasteiger charge is 2.45. The van der Waals surface area contributed by atoms with Gasteiger partial charge in [0.1, 0.15) is 23.0 Å². The first-order chi connectivity index (χ1) is 23.8. The van der Waals surface area contributed by atoms with E-state index < -0.39 is 0 Å². The van der Waals surface area contributed by atoms with Gasteiger partial charge in [-0.05, 0) is 94.3 Å². The van der Waals surface area contributed by atoms with E-state index in [0.717, 1.165) is 69.0 Å². The molecule has 0 unspecified atom stereocenters. The van der Waals surface area contributed by atoms with Crippen LogP contribution in [0.5, 0.6) is 23.0 Å². The molecule has 0 amide bonds. The maximum atomic E-state index is 7.05. The molecule has 10 rings (SSSR count). The summed E-state index contributed by atoms with van der Waals surface area (Å²) in [4.78, 5) is 4.71. The smallest absolute Gasteiger partial charge is 0.260 e. The van der Waals surface area contributed by atoms with Crippen LogP contribution in [0.3, 0.4) is 0 Å². The molecule has 0 spiro atoms. The van der Waals surface area contributed by atoms with E-state index >= 15 is 0 Å². The second-order valence-corrected chi connectivity index (χ2v) is 15.2. The zero-order valence-electron chi connectivity index (χ0n) is 28.3. The van der Waals surface area contributed by atoms with Crippen molar-refractivity contribution >= 4 is 57.2 Å². The molecule has 238 valence electrons. The molecule has 0 radical (unpaired) electrons. The van der Waals surface area contributed by atoms with Gasteiger partial charge in [0.05, 0.1) is 28.4 Å². The number of hydrogen-bond donors (Lipinski definition) is 0. The van der Waals surface area contributed by atoms with Gasteiger partial charge >= 0.3 is 0 Å². The third-order valence-electron chi connectivity index (χ3n) is 11.3. The molecule has 0 saturated carbocycles. The molecule has 4 aliphatic rings. The molecule has 3 aliphatic heterocycles. The Kier molecular flexibility index (Phi) is 5.86. The van der Waals surface area contributed by atoms with Crippen LogP contribution in [-0.4, -0.2) is 6.71 Å². The maximum absolute atomic E-state index is 7.05. The largest absolute Gasteiger partial charge is 0.458 e. The lowest BCUT2D eigenvalue weighted by Gasteiger charge is -2.44. The van der Waals surface area contributed by atoms with E-state index in [1.165, 1.54) is 28.5 Å². The highest BCUT2D eigenvalue weighted by atomic mass is 16.5. The van der Waals surface area contributed by atoms with Crippen molar-refractivity contribution in [2.75, 3.05) is 9.80 Å². The minimum atomic E-state index is 0.0217. The van der Waals surface area contributed by atoms with Crippen LogP contribution in [0, 0.1) is 0 Å². The van der Waals surface area contributed by atoms with Crippen molar-refractivity contribution in [1.82, 2.24) is 0 Å². The van der Waals surface area contributed by atoms with Gasteiger partial charge in [0, 0.05) is 23.3 Å². The highest BCUT2D eigenvalue weighted by Crippen LogP contribution is 2.55. The molecule has 0 bridgehead atoms. The van der Waals surface area contributed by atoms with Crippen molar-refractivity contribution in [2.24, 2.45) is 0 Å². The first kappa shape index (κ1) is 28.6. The van der Waals surface area contributed by atoms with Crippen LogP contribution < -0.4 is 35.7 Å². The standard InChI is InChI=1S/C44H37BN2O2/c1-43(2)22-23-44(3,4)31-27-39-33(26-30(31)43)45-32-16-8-13-21-38(32)48-40-24-29(25-41(49-39)42(40)45)47-36-19-11-9-17-34(36)46(28-14-6-5-7-15-28)35-18-10-12-20-37(35)47/h5-21,24-27H,22-23H2,1-4H3. The molecule has 0 fully saturated rings. The fourth-order valence-corrected chi connectivity index (χ4v) is 8.70. The van der Waals surface area contributed by atoms with E-state index in [9.17, 15) is 0 Å². The summed E-state index contributed by atoms with van der Waals surface area (Å²) >= 11 is 0. The van der Waals surface area contributed by atoms with Crippen LogP contribution in [0.1, 0.15) is 51.7 Å². The van der Waals surface area contributed by atoms with E-state index in [4.69, 9.17) is 9.47 Å². The van der Waals surface area contributed by atoms with Gasteiger partial charge in [-0.25, -0.2) is 0 Å². The monoisotopic (exact) mass is 636 g/mol. The molecule has 1 aliphatic carbocycles. The topological polar surface area (TPSA) is 24.9 Å². The van der Waals surface area contributed by atoms with Crippen LogP contribution in [0.2, 0.25) is 0 Å². The first-order valence-electron chi connectivity index (χ1n) is 17.4. The molecular weight excluding hydrogens is 599 g/mol. The molecule has 49 heavy (non-hydrogen) atoms. The number of fused-ring (bicyclic) bond motifs is 7. The summed E-state index contributed by atoms with van der Waals surface area (Å²) in [6.07, 6.45) is 2.33. The molecule has 3 heterocycles. The summed E-state index contributed by atoms with van der Waals surface area (Å²) in [6.45, 7) is 9.58. The van der Waals surface area contributed by atoms with Crippen molar-refractivity contribution in [2.45, 2.75) is 51.4 Å². The minimum absolute atomic E-state index is 0.0217. The Bertz CT molecular complexity index is 2280. The Morgan fingerprint density at radius 3 is 1.57 bits per heavy atom. The number of benzene rings is 6. The van der Waals surface area contributed by atoms with Gasteiger partial charge in [-0.2, -0.15) is 0 Å². The summed E-state index contributed by atoms with van der Waals surface area (Å²) in [5, 5.41) is 0. The molecule has 6 aromatic carbocycles. The average Bonchev–Trinajstić information content (AvgIpc) is 3.12. The number of para-hydroxylation sites is 6. The fraction of sp³-hybridized carbons (Fsp3) is 0.182. The number of ether oxygens (including phenoxy) is 2. The van der Waals surface area contributed by atoms with Crippen LogP contribution in [0.25, 0.3) is 0 Å². The van der Waals surface area contributed by atoms with E-state index in [0.29, 0.717) is 0 Å². The Hall–Kier alpha value is -5.42. The molecule has 0 aromatic heterocycles. The summed E-state index contributed by atoms with van der Waals surface area (Å²) < 4.78 is 13.9. The molecule has 4 nitrogen and oxygen atoms in total. The summed E-state index contributed by atoms with van der Waals surface area (Å²) in [7, 11) is 0. The van der Waals surface area contributed by atoms with E-state index in [1.807, 2.05) is 0 Å². The van der Waals surface area contributed by atoms with Crippen LogP contribution in [0.4, 0.5) is 34.1 Å². The maximum Gasteiger partial charge on any atom is 0.260 e. The molecule has 0 saturated heterocycles. The lowest BCUT2D eigenvalue weighted by atomic mass is 9.34. The van der Waals surface area contributed by atoms with Crippen molar-refractivity contribution in [1.29, 1.82) is 0 Å². The highest BCUT2D eigenvalue weighted by molar-refractivity contribution is 6.98. The van der Waals surface area contributed by atoms with Gasteiger partial charge in [0.2, 0.25) is 0 Å². The SMILES string of the molecule is CC1(C)CCC(C)(C)c2cc3c(cc21)Oc1cc(N2c4ccccc4N(c4ccccc4)c4ccccc42)cc2c1B3c1ccccc1O2. The summed E-state index contributed by atoms with van der Waals surface area (Å²) in [5.74, 6) is 3.56. The minimum Gasteiger partial charge on any atom is -0.458 e. The fourth-order valence-electron chi connectivity index (χ4n) is 8.70. The van der Waals surface area contributed by atoms with Crippen LogP contribution >= 0.6 is 0 Å². The van der Waals surface area contributed by atoms with Gasteiger partial charge < -0.3 is 19.3 Å². The Labute approximate surface area is 288 Å². The predicted molar refractivity (Wildman–Crippen MR) is 202 cm³/mol. The van der Waals surface area contributed by atoms with Gasteiger partial charge in [0.15, 0.2) is 0 Å². The first-order valence-corrected chi connectivity index (χ1v) is 17.4. The Morgan fingerprint density at radius 2 is 0.959 bits per heavy atom. The zero-order valence-corrected chi connectivity index (χ0v) is 28.3. The Morgan fingerprint density at radius 1 is 0.469 bits per heavy atom. The second-order valence-electron chi connectivity index (χ2n) is 15.2. The summed E-state index contributed by atoms with van der Waals surface area (Å²) in [6, 6.07) is 45.7. The molecule has 0 atom stereocenters. The van der Waals surface area contributed by atoms with Gasteiger partial charge in [-0.1, -0.05) is 94.4 Å². The van der Waals surface area contributed by atoms with Gasteiger partial charge in [0.25, 0.3) is 6.71 Å². The van der Waals surface area contributed by atoms with Gasteiger partial charge in [-0.15, -0.1) is 0 Å². The van der Waals surface area contributed by atoms with Crippen molar-refractivity contribution in [3.05, 3.63) is 139 Å². The van der Waals surface area contributed by atoms with Crippen molar-refractivity contribution < 1.29 is 9.47 Å². The Balaban J connectivity index is 1.20. The second kappa shape index (κ2) is 10.1. The third-order valence-corrected chi connectivity index (χ3v) is 11.3. The predicted octanol–water partition coefficient (Wildman–Crippen LogP) is 10.0. The quantitative estimate of drug-likeness (QED) is 0.176. The van der Waals surface area contributed by atoms with E-state index in [2.05, 4.69) is 165 Å². The van der Waals surface area contributed by atoms with E-state index in [1.54, 1.807) is 0 Å². The van der Waals surface area contributed by atoms with Crippen LogP contribution in [0.15, 0.2) is 127 Å². The molecule has 5 heteroatoms. The summed E-state index contributed by atoms with van der Waals surface area (Å²) in [5.41, 5.74) is 13.1. The number of nitrogens with zero attached hydrogens (tertiary/aromatic N) is 2. The number of rotatable bonds is 2. The van der Waals surface area contributed by atoms with E-state index in [-0.39, 0.29) is 17.5 Å². The lowest BCUT2D eigenvalue weighted by molar-refractivity contribution is 0.330. The molecule has 0 N–H and O–H groups in total. The molecule has 6 aromatic rings. The molecular formula is C44H37BN2O2. The van der Waals surface area contributed by atoms with Crippen molar-refractivity contribution in [3.63, 3.8) is 0 Å². The number of hydrogen-bond acceptors (Lipinski definition) is 4. The van der Waals surface area contributed by atoms with Crippen LogP contribution in [-0.2, 0) is 10.8 Å². The van der Waals surface area contributed by atoms with Crippen molar-refractivity contribution in [3.8, 4) is 23.0 Å². The average molecular weight is 637 g/mol. The zero-order chi connectivity index (χ0) is 33.1. The third kappa shape index (κ3) is 4.11. The lowest BCUT2D eigenvalue weighted by Crippen LogP contribution is -2.58. The number of anilines is 6. The van der Waals surface area contributed by atoms with Gasteiger partial charge in [-0.3, -0.25) is 0 Å². The normalized spacial score (nSPS) is 16.9.